The van der Waals surface area contributed by atoms with Crippen molar-refractivity contribution in [1.82, 2.24) is 0 Å². The molecular formula is C19H17BrN2O3. The van der Waals surface area contributed by atoms with Crippen molar-refractivity contribution in [2.45, 2.75) is 6.92 Å². The summed E-state index contributed by atoms with van der Waals surface area (Å²) in [4.78, 5) is 12.3. The molecule has 0 radical (unpaired) electrons. The van der Waals surface area contributed by atoms with Gasteiger partial charge in [0.05, 0.1) is 18.2 Å². The molecule has 0 spiro atoms. The normalized spacial score (nSPS) is 10.7. The Hall–Kier alpha value is -2.78. The summed E-state index contributed by atoms with van der Waals surface area (Å²) in [6.45, 7) is 2.42. The molecular weight excluding hydrogens is 384 g/mol. The third-order valence-corrected chi connectivity index (χ3v) is 3.87. The summed E-state index contributed by atoms with van der Waals surface area (Å²) in [5, 5.41) is 12.0. The lowest BCUT2D eigenvalue weighted by molar-refractivity contribution is -0.112. The van der Waals surface area contributed by atoms with Crippen LogP contribution >= 0.6 is 15.9 Å². The van der Waals surface area contributed by atoms with Crippen molar-refractivity contribution in [3.8, 4) is 17.6 Å². The topological polar surface area (TPSA) is 71.3 Å². The molecule has 0 aromatic heterocycles. The van der Waals surface area contributed by atoms with Gasteiger partial charge < -0.3 is 14.8 Å². The van der Waals surface area contributed by atoms with Crippen molar-refractivity contribution in [2.75, 3.05) is 19.0 Å². The number of methoxy groups -OCH3 is 1. The molecule has 0 atom stereocenters. The summed E-state index contributed by atoms with van der Waals surface area (Å²) < 4.78 is 11.3. The molecule has 0 bridgehead atoms. The van der Waals surface area contributed by atoms with Crippen LogP contribution in [0.5, 0.6) is 11.5 Å². The number of anilines is 1. The molecule has 0 aliphatic rings. The predicted molar refractivity (Wildman–Crippen MR) is 101 cm³/mol. The van der Waals surface area contributed by atoms with Gasteiger partial charge in [-0.05, 0) is 58.8 Å². The largest absolute Gasteiger partial charge is 0.496 e. The van der Waals surface area contributed by atoms with Crippen LogP contribution in [0.3, 0.4) is 0 Å². The first kappa shape index (κ1) is 18.6. The molecule has 128 valence electrons. The first-order valence-electron chi connectivity index (χ1n) is 7.57. The second-order valence-corrected chi connectivity index (χ2v) is 5.83. The summed E-state index contributed by atoms with van der Waals surface area (Å²) in [6.07, 6.45) is 1.52. The Balaban J connectivity index is 2.19. The second kappa shape index (κ2) is 8.90. The Morgan fingerprint density at radius 3 is 2.76 bits per heavy atom. The average Bonchev–Trinajstić information content (AvgIpc) is 2.60. The zero-order valence-corrected chi connectivity index (χ0v) is 15.5. The number of hydrogen-bond donors (Lipinski definition) is 1. The van der Waals surface area contributed by atoms with Crippen LogP contribution in [-0.4, -0.2) is 19.6 Å². The molecule has 6 heteroatoms. The number of amides is 1. The molecule has 0 aliphatic heterocycles. The zero-order valence-electron chi connectivity index (χ0n) is 13.9. The van der Waals surface area contributed by atoms with E-state index < -0.39 is 5.91 Å². The molecule has 2 aromatic carbocycles. The third kappa shape index (κ3) is 5.10. The molecule has 25 heavy (non-hydrogen) atoms. The van der Waals surface area contributed by atoms with Gasteiger partial charge in [-0.2, -0.15) is 5.26 Å². The monoisotopic (exact) mass is 400 g/mol. The van der Waals surface area contributed by atoms with Crippen molar-refractivity contribution in [1.29, 1.82) is 5.26 Å². The number of hydrogen-bond acceptors (Lipinski definition) is 4. The zero-order chi connectivity index (χ0) is 18.2. The summed E-state index contributed by atoms with van der Waals surface area (Å²) in [6, 6.07) is 14.3. The number of carbonyl (C=O) groups is 1. The number of halogens is 1. The van der Waals surface area contributed by atoms with E-state index in [-0.39, 0.29) is 5.57 Å². The van der Waals surface area contributed by atoms with Crippen LogP contribution in [-0.2, 0) is 4.79 Å². The standard InChI is InChI=1S/C19H17BrN2O3/c1-3-25-16-6-4-5-15(11-16)22-19(23)14(12-21)9-13-7-8-18(24-2)17(20)10-13/h4-11H,3H2,1-2H3,(H,22,23)/b14-9+. The molecule has 0 saturated carbocycles. The molecule has 2 rings (SSSR count). The van der Waals surface area contributed by atoms with Gasteiger partial charge in [-0.1, -0.05) is 12.1 Å². The minimum absolute atomic E-state index is 0.00104. The Labute approximate surface area is 155 Å². The van der Waals surface area contributed by atoms with Crippen LogP contribution in [0, 0.1) is 11.3 Å². The van der Waals surface area contributed by atoms with Gasteiger partial charge in [0.2, 0.25) is 0 Å². The second-order valence-electron chi connectivity index (χ2n) is 4.98. The fraction of sp³-hybridized carbons (Fsp3) is 0.158. The van der Waals surface area contributed by atoms with Crippen LogP contribution in [0.2, 0.25) is 0 Å². The van der Waals surface area contributed by atoms with Crippen molar-refractivity contribution < 1.29 is 14.3 Å². The van der Waals surface area contributed by atoms with E-state index >= 15 is 0 Å². The lowest BCUT2D eigenvalue weighted by Crippen LogP contribution is -2.13. The molecule has 0 unspecified atom stereocenters. The minimum Gasteiger partial charge on any atom is -0.496 e. The molecule has 0 saturated heterocycles. The summed E-state index contributed by atoms with van der Waals surface area (Å²) in [7, 11) is 1.57. The van der Waals surface area contributed by atoms with Crippen LogP contribution < -0.4 is 14.8 Å². The van der Waals surface area contributed by atoms with Crippen LogP contribution in [0.1, 0.15) is 12.5 Å². The van der Waals surface area contributed by atoms with Crippen LogP contribution in [0.4, 0.5) is 5.69 Å². The molecule has 1 N–H and O–H groups in total. The number of ether oxygens (including phenoxy) is 2. The maximum Gasteiger partial charge on any atom is 0.266 e. The van der Waals surface area contributed by atoms with Gasteiger partial charge in [0, 0.05) is 11.8 Å². The Morgan fingerprint density at radius 1 is 1.32 bits per heavy atom. The number of nitrogens with zero attached hydrogens (tertiary/aromatic N) is 1. The molecule has 0 fully saturated rings. The third-order valence-electron chi connectivity index (χ3n) is 3.25. The lowest BCUT2D eigenvalue weighted by atomic mass is 10.1. The Bertz CT molecular complexity index is 841. The highest BCUT2D eigenvalue weighted by Gasteiger charge is 2.11. The Kier molecular flexibility index (Phi) is 6.61. The van der Waals surface area contributed by atoms with E-state index in [0.29, 0.717) is 29.4 Å². The SMILES string of the molecule is CCOc1cccc(NC(=O)/C(C#N)=C/c2ccc(OC)c(Br)c2)c1. The average molecular weight is 401 g/mol. The van der Waals surface area contributed by atoms with Crippen LogP contribution in [0.15, 0.2) is 52.5 Å². The van der Waals surface area contributed by atoms with Crippen molar-refractivity contribution >= 4 is 33.6 Å². The van der Waals surface area contributed by atoms with Gasteiger partial charge in [-0.25, -0.2) is 0 Å². The van der Waals surface area contributed by atoms with Gasteiger partial charge in [0.25, 0.3) is 5.91 Å². The van der Waals surface area contributed by atoms with E-state index in [4.69, 9.17) is 9.47 Å². The fourth-order valence-corrected chi connectivity index (χ4v) is 2.67. The quantitative estimate of drug-likeness (QED) is 0.575. The predicted octanol–water partition coefficient (Wildman–Crippen LogP) is 4.40. The lowest BCUT2D eigenvalue weighted by Gasteiger charge is -2.08. The first-order chi connectivity index (χ1) is 12.1. The van der Waals surface area contributed by atoms with E-state index in [1.54, 1.807) is 49.6 Å². The highest BCUT2D eigenvalue weighted by molar-refractivity contribution is 9.10. The molecule has 0 heterocycles. The molecule has 5 nitrogen and oxygen atoms in total. The molecule has 1 amide bonds. The number of nitrogens with one attached hydrogen (secondary N) is 1. The number of benzene rings is 2. The van der Waals surface area contributed by atoms with Crippen molar-refractivity contribution in [3.05, 3.63) is 58.1 Å². The van der Waals surface area contributed by atoms with E-state index in [9.17, 15) is 10.1 Å². The highest BCUT2D eigenvalue weighted by Crippen LogP contribution is 2.26. The molecule has 0 aliphatic carbocycles. The maximum absolute atomic E-state index is 12.3. The first-order valence-corrected chi connectivity index (χ1v) is 8.36. The minimum atomic E-state index is -0.483. The van der Waals surface area contributed by atoms with E-state index in [0.717, 1.165) is 4.47 Å². The van der Waals surface area contributed by atoms with Crippen molar-refractivity contribution in [2.24, 2.45) is 0 Å². The van der Waals surface area contributed by atoms with Gasteiger partial charge in [-0.3, -0.25) is 4.79 Å². The number of carbonyl (C=O) groups excluding carboxylic acids is 1. The number of rotatable bonds is 6. The summed E-state index contributed by atoms with van der Waals surface area (Å²) >= 11 is 3.38. The van der Waals surface area contributed by atoms with E-state index in [1.165, 1.54) is 6.08 Å². The Morgan fingerprint density at radius 2 is 2.12 bits per heavy atom. The van der Waals surface area contributed by atoms with Crippen molar-refractivity contribution in [3.63, 3.8) is 0 Å². The highest BCUT2D eigenvalue weighted by atomic mass is 79.9. The van der Waals surface area contributed by atoms with Gasteiger partial charge in [-0.15, -0.1) is 0 Å². The maximum atomic E-state index is 12.3. The molecule has 2 aromatic rings. The van der Waals surface area contributed by atoms with E-state index in [1.807, 2.05) is 13.0 Å². The van der Waals surface area contributed by atoms with Gasteiger partial charge >= 0.3 is 0 Å². The fourth-order valence-electron chi connectivity index (χ4n) is 2.12. The van der Waals surface area contributed by atoms with Gasteiger partial charge in [0.1, 0.15) is 23.1 Å². The summed E-state index contributed by atoms with van der Waals surface area (Å²) in [5.74, 6) is 0.845. The van der Waals surface area contributed by atoms with Gasteiger partial charge in [0.15, 0.2) is 0 Å². The summed E-state index contributed by atoms with van der Waals surface area (Å²) in [5.41, 5.74) is 1.27. The smallest absolute Gasteiger partial charge is 0.266 e. The number of nitriles is 1. The van der Waals surface area contributed by atoms with E-state index in [2.05, 4.69) is 21.2 Å². The van der Waals surface area contributed by atoms with Crippen LogP contribution in [0.25, 0.3) is 6.08 Å².